The summed E-state index contributed by atoms with van der Waals surface area (Å²) in [5, 5.41) is 17.0. The molecule has 2 heterocycles. The van der Waals surface area contributed by atoms with Crippen LogP contribution in [0, 0.1) is 6.92 Å². The number of hydrogen-bond donors (Lipinski definition) is 1. The fourth-order valence-corrected chi connectivity index (χ4v) is 2.88. The Balaban J connectivity index is 2.05. The minimum absolute atomic E-state index is 0.256. The normalized spacial score (nSPS) is 10.8. The number of para-hydroxylation sites is 1. The van der Waals surface area contributed by atoms with Gasteiger partial charge in [0.05, 0.1) is 17.0 Å². The highest BCUT2D eigenvalue weighted by Gasteiger charge is 2.12. The Labute approximate surface area is 115 Å². The van der Waals surface area contributed by atoms with Crippen LogP contribution in [0.25, 0.3) is 21.8 Å². The summed E-state index contributed by atoms with van der Waals surface area (Å²) >= 11 is 1.52. The standard InChI is InChI=1S/C14H13N3OS/c1-9-11(7-17(2)16-9)12-8-19-14(15-12)10-5-3-4-6-13(10)18/h3-8,18H,1-2H3. The predicted octanol–water partition coefficient (Wildman–Crippen LogP) is 3.22. The second-order valence-electron chi connectivity index (χ2n) is 4.36. The van der Waals surface area contributed by atoms with Crippen LogP contribution < -0.4 is 0 Å². The van der Waals surface area contributed by atoms with Crippen LogP contribution in [0.15, 0.2) is 35.8 Å². The molecule has 0 spiro atoms. The van der Waals surface area contributed by atoms with Gasteiger partial charge in [-0.15, -0.1) is 11.3 Å². The van der Waals surface area contributed by atoms with Gasteiger partial charge in [-0.2, -0.15) is 5.10 Å². The molecule has 0 aliphatic heterocycles. The average molecular weight is 271 g/mol. The first-order chi connectivity index (χ1) is 9.15. The van der Waals surface area contributed by atoms with E-state index < -0.39 is 0 Å². The lowest BCUT2D eigenvalue weighted by Crippen LogP contribution is -1.86. The third-order valence-corrected chi connectivity index (χ3v) is 3.80. The molecule has 0 unspecified atom stereocenters. The lowest BCUT2D eigenvalue weighted by Gasteiger charge is -1.99. The molecule has 4 nitrogen and oxygen atoms in total. The van der Waals surface area contributed by atoms with Crippen molar-refractivity contribution >= 4 is 11.3 Å². The quantitative estimate of drug-likeness (QED) is 0.778. The van der Waals surface area contributed by atoms with E-state index >= 15 is 0 Å². The molecular formula is C14H13N3OS. The van der Waals surface area contributed by atoms with E-state index in [0.29, 0.717) is 0 Å². The number of aromatic hydroxyl groups is 1. The highest BCUT2D eigenvalue weighted by Crippen LogP contribution is 2.34. The molecule has 0 aliphatic carbocycles. The fraction of sp³-hybridized carbons (Fsp3) is 0.143. The summed E-state index contributed by atoms with van der Waals surface area (Å²) < 4.78 is 1.78. The molecule has 0 amide bonds. The van der Waals surface area contributed by atoms with Gasteiger partial charge in [-0.05, 0) is 19.1 Å². The van der Waals surface area contributed by atoms with E-state index in [1.54, 1.807) is 16.8 Å². The Hall–Kier alpha value is -2.14. The van der Waals surface area contributed by atoms with Crippen molar-refractivity contribution in [1.29, 1.82) is 0 Å². The summed E-state index contributed by atoms with van der Waals surface area (Å²) in [6, 6.07) is 7.24. The van der Waals surface area contributed by atoms with Crippen LogP contribution >= 0.6 is 11.3 Å². The van der Waals surface area contributed by atoms with Crippen molar-refractivity contribution in [3.05, 3.63) is 41.5 Å². The molecule has 0 fully saturated rings. The van der Waals surface area contributed by atoms with Gasteiger partial charge in [-0.1, -0.05) is 12.1 Å². The Kier molecular flexibility index (Phi) is 2.83. The molecule has 0 bridgehead atoms. The molecule has 0 aliphatic rings. The zero-order chi connectivity index (χ0) is 13.4. The van der Waals surface area contributed by atoms with Gasteiger partial charge >= 0.3 is 0 Å². The summed E-state index contributed by atoms with van der Waals surface area (Å²) in [7, 11) is 1.90. The minimum Gasteiger partial charge on any atom is -0.507 e. The second kappa shape index (κ2) is 4.51. The van der Waals surface area contributed by atoms with Crippen molar-refractivity contribution in [3.63, 3.8) is 0 Å². The number of aryl methyl sites for hydroxylation is 2. The zero-order valence-electron chi connectivity index (χ0n) is 10.7. The number of hydrogen-bond acceptors (Lipinski definition) is 4. The Morgan fingerprint density at radius 3 is 2.68 bits per heavy atom. The number of nitrogens with zero attached hydrogens (tertiary/aromatic N) is 3. The SMILES string of the molecule is Cc1nn(C)cc1-c1csc(-c2ccccc2O)n1. The maximum absolute atomic E-state index is 9.85. The van der Waals surface area contributed by atoms with Gasteiger partial charge in [0.1, 0.15) is 10.8 Å². The predicted molar refractivity (Wildman–Crippen MR) is 76.2 cm³/mol. The maximum atomic E-state index is 9.85. The zero-order valence-corrected chi connectivity index (χ0v) is 11.5. The van der Waals surface area contributed by atoms with Crippen LogP contribution in [0.1, 0.15) is 5.69 Å². The average Bonchev–Trinajstić information content (AvgIpc) is 2.96. The first-order valence-electron chi connectivity index (χ1n) is 5.89. The van der Waals surface area contributed by atoms with Crippen LogP contribution in [0.5, 0.6) is 5.75 Å². The van der Waals surface area contributed by atoms with E-state index in [0.717, 1.165) is 27.5 Å². The molecule has 96 valence electrons. The van der Waals surface area contributed by atoms with Crippen LogP contribution in [-0.4, -0.2) is 19.9 Å². The molecule has 1 aromatic carbocycles. The first kappa shape index (κ1) is 11.9. The van der Waals surface area contributed by atoms with Gasteiger partial charge in [0.2, 0.25) is 0 Å². The second-order valence-corrected chi connectivity index (χ2v) is 5.22. The number of thiazole rings is 1. The molecule has 3 aromatic rings. The van der Waals surface area contributed by atoms with Crippen molar-refractivity contribution in [2.45, 2.75) is 6.92 Å². The van der Waals surface area contributed by atoms with Crippen molar-refractivity contribution in [2.75, 3.05) is 0 Å². The molecule has 0 atom stereocenters. The van der Waals surface area contributed by atoms with Crippen LogP contribution in [-0.2, 0) is 7.05 Å². The van der Waals surface area contributed by atoms with E-state index in [1.807, 2.05) is 37.7 Å². The van der Waals surface area contributed by atoms with Crippen molar-refractivity contribution < 1.29 is 5.11 Å². The highest BCUT2D eigenvalue weighted by atomic mass is 32.1. The Morgan fingerprint density at radius 2 is 2.00 bits per heavy atom. The van der Waals surface area contributed by atoms with Crippen molar-refractivity contribution in [3.8, 4) is 27.6 Å². The molecule has 1 N–H and O–H groups in total. The number of benzene rings is 1. The van der Waals surface area contributed by atoms with Gasteiger partial charge in [-0.3, -0.25) is 4.68 Å². The highest BCUT2D eigenvalue weighted by molar-refractivity contribution is 7.13. The molecule has 5 heteroatoms. The molecule has 0 saturated heterocycles. The first-order valence-corrected chi connectivity index (χ1v) is 6.77. The van der Waals surface area contributed by atoms with Gasteiger partial charge in [0.25, 0.3) is 0 Å². The van der Waals surface area contributed by atoms with Gasteiger partial charge in [0, 0.05) is 24.2 Å². The van der Waals surface area contributed by atoms with E-state index in [2.05, 4.69) is 10.1 Å². The fourth-order valence-electron chi connectivity index (χ4n) is 2.03. The maximum Gasteiger partial charge on any atom is 0.127 e. The Morgan fingerprint density at radius 1 is 1.21 bits per heavy atom. The van der Waals surface area contributed by atoms with E-state index in [4.69, 9.17) is 0 Å². The summed E-state index contributed by atoms with van der Waals surface area (Å²) in [6.07, 6.45) is 1.96. The molecule has 0 radical (unpaired) electrons. The summed E-state index contributed by atoms with van der Waals surface area (Å²) in [6.45, 7) is 1.97. The van der Waals surface area contributed by atoms with Crippen molar-refractivity contribution in [1.82, 2.24) is 14.8 Å². The number of phenolic OH excluding ortho intramolecular Hbond substituents is 1. The van der Waals surface area contributed by atoms with E-state index in [9.17, 15) is 5.11 Å². The molecule has 3 rings (SSSR count). The molecular weight excluding hydrogens is 258 g/mol. The van der Waals surface area contributed by atoms with Crippen LogP contribution in [0.4, 0.5) is 0 Å². The topological polar surface area (TPSA) is 50.9 Å². The van der Waals surface area contributed by atoms with Gasteiger partial charge in [-0.25, -0.2) is 4.98 Å². The Bertz CT molecular complexity index is 730. The van der Waals surface area contributed by atoms with E-state index in [1.165, 1.54) is 11.3 Å². The minimum atomic E-state index is 0.256. The monoisotopic (exact) mass is 271 g/mol. The van der Waals surface area contributed by atoms with E-state index in [-0.39, 0.29) is 5.75 Å². The number of aromatic nitrogens is 3. The van der Waals surface area contributed by atoms with Gasteiger partial charge in [0.15, 0.2) is 0 Å². The third kappa shape index (κ3) is 2.13. The number of phenols is 1. The van der Waals surface area contributed by atoms with Crippen LogP contribution in [0.2, 0.25) is 0 Å². The summed E-state index contributed by atoms with van der Waals surface area (Å²) in [5.74, 6) is 0.256. The van der Waals surface area contributed by atoms with Gasteiger partial charge < -0.3 is 5.11 Å². The lowest BCUT2D eigenvalue weighted by molar-refractivity contribution is 0.477. The lowest BCUT2D eigenvalue weighted by atomic mass is 10.2. The summed E-state index contributed by atoms with van der Waals surface area (Å²) in [4.78, 5) is 4.59. The molecule has 19 heavy (non-hydrogen) atoms. The molecule has 2 aromatic heterocycles. The third-order valence-electron chi connectivity index (χ3n) is 2.93. The van der Waals surface area contributed by atoms with Crippen molar-refractivity contribution in [2.24, 2.45) is 7.05 Å². The number of rotatable bonds is 2. The summed E-state index contributed by atoms with van der Waals surface area (Å²) in [5.41, 5.74) is 3.64. The largest absolute Gasteiger partial charge is 0.507 e. The molecule has 0 saturated carbocycles. The smallest absolute Gasteiger partial charge is 0.127 e. The van der Waals surface area contributed by atoms with Crippen LogP contribution in [0.3, 0.4) is 0 Å².